The maximum atomic E-state index is 10.5. The van der Waals surface area contributed by atoms with E-state index in [4.69, 9.17) is 13.9 Å². The molecule has 7 nitrogen and oxygen atoms in total. The lowest BCUT2D eigenvalue weighted by molar-refractivity contribution is -0.901. The third kappa shape index (κ3) is 7.32. The molecule has 0 radical (unpaired) electrons. The second kappa shape index (κ2) is 12.0. The van der Waals surface area contributed by atoms with Gasteiger partial charge in [0, 0.05) is 25.1 Å². The van der Waals surface area contributed by atoms with E-state index >= 15 is 0 Å². The first kappa shape index (κ1) is 22.6. The van der Waals surface area contributed by atoms with E-state index in [-0.39, 0.29) is 6.61 Å². The number of aliphatic hydroxyl groups excluding tert-OH is 1. The van der Waals surface area contributed by atoms with E-state index in [1.54, 1.807) is 13.4 Å². The maximum Gasteiger partial charge on any atom is 0.161 e. The number of nitrogens with two attached hydrogens (primary N) is 1. The molecule has 0 bridgehead atoms. The average molecular weight is 420 g/mol. The molecule has 0 aliphatic carbocycles. The number of likely N-dealkylation sites (N-methyl/N-ethyl adjacent to an activating group) is 1. The molecule has 1 aromatic carbocycles. The topological polar surface area (TPSA) is 76.1 Å². The van der Waals surface area contributed by atoms with Gasteiger partial charge in [0.25, 0.3) is 0 Å². The fourth-order valence-electron chi connectivity index (χ4n) is 3.90. The van der Waals surface area contributed by atoms with Gasteiger partial charge >= 0.3 is 0 Å². The lowest BCUT2D eigenvalue weighted by Gasteiger charge is -2.21. The van der Waals surface area contributed by atoms with Crippen LogP contribution in [0.3, 0.4) is 0 Å². The molecule has 2 atom stereocenters. The predicted octanol–water partition coefficient (Wildman–Crippen LogP) is -0.446. The molecule has 2 unspecified atom stereocenters. The van der Waals surface area contributed by atoms with Crippen LogP contribution in [0.1, 0.15) is 17.7 Å². The molecule has 166 valence electrons. The van der Waals surface area contributed by atoms with Crippen molar-refractivity contribution in [3.05, 3.63) is 47.9 Å². The van der Waals surface area contributed by atoms with Crippen molar-refractivity contribution in [3.63, 3.8) is 0 Å². The van der Waals surface area contributed by atoms with Gasteiger partial charge < -0.3 is 34.1 Å². The standard InChI is InChI=1S/C23H35N3O4/c1-25-10-4-11-26(13-12-25)17-20(27)18-30-23-15-19(6-7-22(23)28-2)16-24-9-8-21-5-3-14-29-21/h3,5-7,14-15,20,24,27H,4,8-13,16-18H2,1-2H3/p+2. The monoisotopic (exact) mass is 419 g/mol. The Balaban J connectivity index is 1.45. The van der Waals surface area contributed by atoms with Gasteiger partial charge in [-0.3, -0.25) is 0 Å². The first-order chi connectivity index (χ1) is 14.6. The maximum absolute atomic E-state index is 10.5. The molecular formula is C23H37N3O4+2. The Bertz CT molecular complexity index is 738. The number of methoxy groups -OCH3 is 1. The minimum absolute atomic E-state index is 0.279. The lowest BCUT2D eigenvalue weighted by Crippen LogP contribution is -3.13. The summed E-state index contributed by atoms with van der Waals surface area (Å²) in [6.45, 7) is 7.21. The Morgan fingerprint density at radius 3 is 2.93 bits per heavy atom. The minimum Gasteiger partial charge on any atom is -0.493 e. The molecular weight excluding hydrogens is 382 g/mol. The van der Waals surface area contributed by atoms with Crippen molar-refractivity contribution >= 4 is 0 Å². The highest BCUT2D eigenvalue weighted by molar-refractivity contribution is 5.42. The van der Waals surface area contributed by atoms with Gasteiger partial charge in [0.2, 0.25) is 0 Å². The van der Waals surface area contributed by atoms with Crippen LogP contribution in [0, 0.1) is 0 Å². The number of hydrogen-bond donors (Lipinski definition) is 3. The zero-order valence-corrected chi connectivity index (χ0v) is 18.3. The molecule has 30 heavy (non-hydrogen) atoms. The molecule has 2 aromatic rings. The Morgan fingerprint density at radius 2 is 2.13 bits per heavy atom. The lowest BCUT2D eigenvalue weighted by atomic mass is 10.2. The van der Waals surface area contributed by atoms with Crippen LogP contribution in [0.2, 0.25) is 0 Å². The Kier molecular flexibility index (Phi) is 9.01. The normalized spacial score (nSPS) is 18.7. The Hall–Kier alpha value is -2.06. The van der Waals surface area contributed by atoms with E-state index in [0.29, 0.717) is 11.5 Å². The van der Waals surface area contributed by atoms with Gasteiger partial charge in [0.15, 0.2) is 11.5 Å². The SMILES string of the molecule is COc1ccc(C[NH2+]CCc2ccco2)cc1OCC(O)C[NH+]1CCCN(C)CC1. The molecule has 0 amide bonds. The first-order valence-corrected chi connectivity index (χ1v) is 11.0. The first-order valence-electron chi connectivity index (χ1n) is 11.0. The third-order valence-corrected chi connectivity index (χ3v) is 5.66. The summed E-state index contributed by atoms with van der Waals surface area (Å²) in [6, 6.07) is 9.94. The van der Waals surface area contributed by atoms with Crippen LogP contribution in [0.25, 0.3) is 0 Å². The van der Waals surface area contributed by atoms with Crippen molar-refractivity contribution in [2.24, 2.45) is 0 Å². The minimum atomic E-state index is -0.489. The summed E-state index contributed by atoms with van der Waals surface area (Å²) in [5.74, 6) is 2.40. The molecule has 1 aliphatic rings. The van der Waals surface area contributed by atoms with Gasteiger partial charge in [0.1, 0.15) is 31.6 Å². The van der Waals surface area contributed by atoms with Crippen LogP contribution in [0.5, 0.6) is 11.5 Å². The number of ether oxygens (including phenoxy) is 2. The van der Waals surface area contributed by atoms with Crippen molar-refractivity contribution in [1.82, 2.24) is 4.90 Å². The van der Waals surface area contributed by atoms with E-state index < -0.39 is 6.10 Å². The highest BCUT2D eigenvalue weighted by Gasteiger charge is 2.19. The smallest absolute Gasteiger partial charge is 0.161 e. The Labute approximate surface area is 179 Å². The van der Waals surface area contributed by atoms with Crippen LogP contribution < -0.4 is 19.7 Å². The van der Waals surface area contributed by atoms with Crippen LogP contribution in [0.15, 0.2) is 41.0 Å². The van der Waals surface area contributed by atoms with Crippen molar-refractivity contribution in [1.29, 1.82) is 0 Å². The molecule has 0 spiro atoms. The van der Waals surface area contributed by atoms with Crippen LogP contribution in [-0.2, 0) is 13.0 Å². The number of hydrogen-bond acceptors (Lipinski definition) is 5. The summed E-state index contributed by atoms with van der Waals surface area (Å²) < 4.78 is 16.8. The van der Waals surface area contributed by atoms with Crippen LogP contribution in [0.4, 0.5) is 0 Å². The van der Waals surface area contributed by atoms with Gasteiger partial charge in [-0.05, 0) is 37.4 Å². The van der Waals surface area contributed by atoms with Crippen molar-refractivity contribution in [2.75, 3.05) is 60.0 Å². The highest BCUT2D eigenvalue weighted by atomic mass is 16.5. The Morgan fingerprint density at radius 1 is 1.23 bits per heavy atom. The second-order valence-electron chi connectivity index (χ2n) is 8.17. The fraction of sp³-hybridized carbons (Fsp3) is 0.565. The largest absolute Gasteiger partial charge is 0.493 e. The summed E-state index contributed by atoms with van der Waals surface area (Å²) in [5, 5.41) is 12.8. The zero-order chi connectivity index (χ0) is 21.2. The predicted molar refractivity (Wildman–Crippen MR) is 115 cm³/mol. The van der Waals surface area contributed by atoms with Gasteiger partial charge in [-0.2, -0.15) is 0 Å². The summed E-state index contributed by atoms with van der Waals surface area (Å²) in [6.07, 6.45) is 3.31. The van der Waals surface area contributed by atoms with E-state index in [2.05, 4.69) is 23.3 Å². The van der Waals surface area contributed by atoms with Crippen molar-refractivity contribution in [3.8, 4) is 11.5 Å². The molecule has 1 aromatic heterocycles. The molecule has 3 rings (SSSR count). The highest BCUT2D eigenvalue weighted by Crippen LogP contribution is 2.27. The molecule has 0 saturated carbocycles. The summed E-state index contributed by atoms with van der Waals surface area (Å²) in [5.41, 5.74) is 1.17. The summed E-state index contributed by atoms with van der Waals surface area (Å²) in [7, 11) is 3.81. The van der Waals surface area contributed by atoms with E-state index in [0.717, 1.165) is 58.0 Å². The number of quaternary nitrogens is 2. The number of nitrogens with zero attached hydrogens (tertiary/aromatic N) is 1. The third-order valence-electron chi connectivity index (χ3n) is 5.66. The molecule has 1 aliphatic heterocycles. The van der Waals surface area contributed by atoms with Gasteiger partial charge in [-0.15, -0.1) is 0 Å². The number of furan rings is 1. The van der Waals surface area contributed by atoms with E-state index in [1.807, 2.05) is 24.3 Å². The zero-order valence-electron chi connectivity index (χ0n) is 18.3. The van der Waals surface area contributed by atoms with Gasteiger partial charge in [-0.1, -0.05) is 0 Å². The molecule has 4 N–H and O–H groups in total. The van der Waals surface area contributed by atoms with Crippen molar-refractivity contribution in [2.45, 2.75) is 25.5 Å². The average Bonchev–Trinajstić information content (AvgIpc) is 3.19. The number of nitrogens with one attached hydrogen (secondary N) is 1. The molecule has 1 saturated heterocycles. The summed E-state index contributed by atoms with van der Waals surface area (Å²) >= 11 is 0. The van der Waals surface area contributed by atoms with Crippen LogP contribution in [-0.4, -0.2) is 76.1 Å². The van der Waals surface area contributed by atoms with E-state index in [1.165, 1.54) is 16.9 Å². The second-order valence-corrected chi connectivity index (χ2v) is 8.17. The number of benzene rings is 1. The van der Waals surface area contributed by atoms with Crippen LogP contribution >= 0.6 is 0 Å². The summed E-state index contributed by atoms with van der Waals surface area (Å²) in [4.78, 5) is 3.81. The quantitative estimate of drug-likeness (QED) is 0.431. The van der Waals surface area contributed by atoms with Gasteiger partial charge in [0.05, 0.1) is 39.4 Å². The number of rotatable bonds is 11. The van der Waals surface area contributed by atoms with E-state index in [9.17, 15) is 5.11 Å². The van der Waals surface area contributed by atoms with Gasteiger partial charge in [-0.25, -0.2) is 0 Å². The molecule has 7 heteroatoms. The molecule has 1 fully saturated rings. The van der Waals surface area contributed by atoms with Crippen molar-refractivity contribution < 1.29 is 29.2 Å². The molecule has 2 heterocycles. The fourth-order valence-corrected chi connectivity index (χ4v) is 3.90. The number of aliphatic hydroxyl groups is 1.